The molecule has 21 heavy (non-hydrogen) atoms. The van der Waals surface area contributed by atoms with Crippen LogP contribution in [0.5, 0.6) is 0 Å². The number of halogens is 1. The molecule has 0 bridgehead atoms. The Kier molecular flexibility index (Phi) is 3.43. The minimum atomic E-state index is 0.491. The maximum absolute atomic E-state index is 6.15. The smallest absolute Gasteiger partial charge is 0.249 e. The predicted molar refractivity (Wildman–Crippen MR) is 80.8 cm³/mol. The molecule has 0 radical (unpaired) electrons. The third kappa shape index (κ3) is 2.70. The molecule has 2 aliphatic rings. The number of aromatic nitrogens is 2. The van der Waals surface area contributed by atoms with Crippen molar-refractivity contribution in [1.29, 1.82) is 0 Å². The molecule has 3 unspecified atom stereocenters. The highest BCUT2D eigenvalue weighted by Crippen LogP contribution is 2.49. The third-order valence-electron chi connectivity index (χ3n) is 4.67. The lowest BCUT2D eigenvalue weighted by atomic mass is 9.95. The van der Waals surface area contributed by atoms with Gasteiger partial charge in [0.15, 0.2) is 0 Å². The van der Waals surface area contributed by atoms with Crippen LogP contribution in [-0.2, 0) is 6.54 Å². The van der Waals surface area contributed by atoms with Crippen LogP contribution >= 0.6 is 11.6 Å². The molecule has 0 amide bonds. The monoisotopic (exact) mass is 303 g/mol. The Balaban J connectivity index is 1.42. The van der Waals surface area contributed by atoms with Crippen LogP contribution in [0, 0.1) is 11.8 Å². The first kappa shape index (κ1) is 13.3. The van der Waals surface area contributed by atoms with Gasteiger partial charge in [-0.25, -0.2) is 0 Å². The van der Waals surface area contributed by atoms with Gasteiger partial charge in [-0.2, -0.15) is 0 Å². The fourth-order valence-corrected chi connectivity index (χ4v) is 3.67. The first-order chi connectivity index (χ1) is 10.3. The van der Waals surface area contributed by atoms with Gasteiger partial charge in [0.2, 0.25) is 11.8 Å². The topological polar surface area (TPSA) is 51.0 Å². The van der Waals surface area contributed by atoms with E-state index in [0.717, 1.165) is 17.4 Å². The lowest BCUT2D eigenvalue weighted by molar-refractivity contribution is 0.337. The maximum Gasteiger partial charge on any atom is 0.249 e. The van der Waals surface area contributed by atoms with E-state index in [0.29, 0.717) is 29.4 Å². The SMILES string of the molecule is Clc1ccccc1-c1nnc(CNC2CCCC3CC32)o1. The van der Waals surface area contributed by atoms with Crippen molar-refractivity contribution in [2.24, 2.45) is 11.8 Å². The lowest BCUT2D eigenvalue weighted by Gasteiger charge is -2.21. The fraction of sp³-hybridized carbons (Fsp3) is 0.500. The van der Waals surface area contributed by atoms with Crippen LogP contribution in [0.15, 0.2) is 28.7 Å². The van der Waals surface area contributed by atoms with Crippen LogP contribution in [0.4, 0.5) is 0 Å². The van der Waals surface area contributed by atoms with Gasteiger partial charge in [0.1, 0.15) is 0 Å². The Morgan fingerprint density at radius 3 is 3.05 bits per heavy atom. The molecule has 1 aromatic heterocycles. The standard InChI is InChI=1S/C16H18ClN3O/c17-13-6-2-1-5-11(13)16-20-19-15(21-16)9-18-14-7-3-4-10-8-12(10)14/h1-2,5-6,10,12,14,18H,3-4,7-9H2. The Labute approximate surface area is 128 Å². The maximum atomic E-state index is 6.15. The van der Waals surface area contributed by atoms with Crippen LogP contribution in [-0.4, -0.2) is 16.2 Å². The zero-order valence-corrected chi connectivity index (χ0v) is 12.5. The molecule has 5 heteroatoms. The molecule has 2 fully saturated rings. The van der Waals surface area contributed by atoms with Crippen molar-refractivity contribution in [3.8, 4) is 11.5 Å². The van der Waals surface area contributed by atoms with Crippen LogP contribution in [0.3, 0.4) is 0 Å². The summed E-state index contributed by atoms with van der Waals surface area (Å²) in [5, 5.41) is 12.4. The summed E-state index contributed by atoms with van der Waals surface area (Å²) in [7, 11) is 0. The number of nitrogens with zero attached hydrogens (tertiary/aromatic N) is 2. The number of hydrogen-bond donors (Lipinski definition) is 1. The van der Waals surface area contributed by atoms with E-state index in [1.165, 1.54) is 25.7 Å². The van der Waals surface area contributed by atoms with Crippen LogP contribution in [0.2, 0.25) is 5.02 Å². The summed E-state index contributed by atoms with van der Waals surface area (Å²) in [6.07, 6.45) is 5.42. The average molecular weight is 304 g/mol. The highest BCUT2D eigenvalue weighted by molar-refractivity contribution is 6.33. The second-order valence-corrected chi connectivity index (χ2v) is 6.47. The van der Waals surface area contributed by atoms with Crippen LogP contribution in [0.25, 0.3) is 11.5 Å². The van der Waals surface area contributed by atoms with E-state index in [9.17, 15) is 0 Å². The van der Waals surface area contributed by atoms with Crippen molar-refractivity contribution in [3.05, 3.63) is 35.2 Å². The van der Waals surface area contributed by atoms with E-state index in [1.807, 2.05) is 24.3 Å². The van der Waals surface area contributed by atoms with E-state index in [-0.39, 0.29) is 0 Å². The molecular weight excluding hydrogens is 286 g/mol. The number of rotatable bonds is 4. The van der Waals surface area contributed by atoms with E-state index >= 15 is 0 Å². The van der Waals surface area contributed by atoms with E-state index in [1.54, 1.807) is 0 Å². The molecule has 2 aromatic rings. The van der Waals surface area contributed by atoms with E-state index in [2.05, 4.69) is 15.5 Å². The van der Waals surface area contributed by atoms with E-state index in [4.69, 9.17) is 16.0 Å². The molecule has 0 spiro atoms. The molecule has 2 aliphatic carbocycles. The van der Waals surface area contributed by atoms with Gasteiger partial charge in [-0.15, -0.1) is 10.2 Å². The summed E-state index contributed by atoms with van der Waals surface area (Å²) in [6.45, 7) is 0.644. The number of hydrogen-bond acceptors (Lipinski definition) is 4. The van der Waals surface area contributed by atoms with Gasteiger partial charge in [0.05, 0.1) is 17.1 Å². The lowest BCUT2D eigenvalue weighted by Crippen LogP contribution is -2.33. The summed E-state index contributed by atoms with van der Waals surface area (Å²) in [5.41, 5.74) is 0.790. The number of benzene rings is 1. The first-order valence-corrected chi connectivity index (χ1v) is 8.00. The molecule has 4 nitrogen and oxygen atoms in total. The van der Waals surface area contributed by atoms with Crippen molar-refractivity contribution in [2.75, 3.05) is 0 Å². The Hall–Kier alpha value is -1.39. The second-order valence-electron chi connectivity index (χ2n) is 6.06. The summed E-state index contributed by atoms with van der Waals surface area (Å²) >= 11 is 6.15. The molecule has 3 atom stereocenters. The summed E-state index contributed by atoms with van der Waals surface area (Å²) < 4.78 is 5.72. The minimum absolute atomic E-state index is 0.491. The molecule has 4 rings (SSSR count). The zero-order valence-electron chi connectivity index (χ0n) is 11.8. The fourth-order valence-electron chi connectivity index (χ4n) is 3.45. The average Bonchev–Trinajstić information content (AvgIpc) is 3.16. The molecule has 1 N–H and O–H groups in total. The molecule has 1 heterocycles. The quantitative estimate of drug-likeness (QED) is 0.936. The summed E-state index contributed by atoms with van der Waals surface area (Å²) in [5.74, 6) is 2.97. The Bertz CT molecular complexity index is 642. The third-order valence-corrected chi connectivity index (χ3v) is 5.00. The van der Waals surface area contributed by atoms with Gasteiger partial charge >= 0.3 is 0 Å². The molecule has 0 aliphatic heterocycles. The summed E-state index contributed by atoms with van der Waals surface area (Å²) in [6, 6.07) is 8.15. The first-order valence-electron chi connectivity index (χ1n) is 7.62. The molecular formula is C16H18ClN3O. The van der Waals surface area contributed by atoms with Crippen LogP contribution in [0.1, 0.15) is 31.6 Å². The zero-order chi connectivity index (χ0) is 14.2. The van der Waals surface area contributed by atoms with Crippen molar-refractivity contribution in [1.82, 2.24) is 15.5 Å². The second kappa shape index (κ2) is 5.43. The van der Waals surface area contributed by atoms with Crippen molar-refractivity contribution in [3.63, 3.8) is 0 Å². The number of fused-ring (bicyclic) bond motifs is 1. The van der Waals surface area contributed by atoms with Gasteiger partial charge in [-0.3, -0.25) is 0 Å². The molecule has 1 aromatic carbocycles. The normalized spacial score (nSPS) is 27.4. The van der Waals surface area contributed by atoms with Gasteiger partial charge in [-0.1, -0.05) is 36.6 Å². The van der Waals surface area contributed by atoms with Gasteiger partial charge in [0, 0.05) is 6.04 Å². The summed E-state index contributed by atoms with van der Waals surface area (Å²) in [4.78, 5) is 0. The van der Waals surface area contributed by atoms with Crippen LogP contribution < -0.4 is 5.32 Å². The van der Waals surface area contributed by atoms with Crippen molar-refractivity contribution in [2.45, 2.75) is 38.3 Å². The van der Waals surface area contributed by atoms with Crippen molar-refractivity contribution >= 4 is 11.6 Å². The van der Waals surface area contributed by atoms with Gasteiger partial charge < -0.3 is 9.73 Å². The minimum Gasteiger partial charge on any atom is -0.419 e. The molecule has 110 valence electrons. The number of nitrogens with one attached hydrogen (secondary N) is 1. The Morgan fingerprint density at radius 1 is 1.24 bits per heavy atom. The predicted octanol–water partition coefficient (Wildman–Crippen LogP) is 3.67. The van der Waals surface area contributed by atoms with Crippen molar-refractivity contribution < 1.29 is 4.42 Å². The van der Waals surface area contributed by atoms with Gasteiger partial charge in [0.25, 0.3) is 0 Å². The highest BCUT2D eigenvalue weighted by atomic mass is 35.5. The molecule has 0 saturated heterocycles. The Morgan fingerprint density at radius 2 is 2.14 bits per heavy atom. The largest absolute Gasteiger partial charge is 0.419 e. The van der Waals surface area contributed by atoms with E-state index < -0.39 is 0 Å². The highest BCUT2D eigenvalue weighted by Gasteiger charge is 2.44. The molecule has 2 saturated carbocycles. The van der Waals surface area contributed by atoms with Gasteiger partial charge in [-0.05, 0) is 36.8 Å².